The summed E-state index contributed by atoms with van der Waals surface area (Å²) in [7, 11) is 4.59. The van der Waals surface area contributed by atoms with Crippen LogP contribution in [0.1, 0.15) is 22.8 Å². The lowest BCUT2D eigenvalue weighted by Crippen LogP contribution is -2.26. The van der Waals surface area contributed by atoms with Crippen LogP contribution in [0.2, 0.25) is 0 Å². The van der Waals surface area contributed by atoms with Crippen LogP contribution < -0.4 is 19.5 Å². The van der Waals surface area contributed by atoms with Gasteiger partial charge < -0.3 is 24.3 Å². The van der Waals surface area contributed by atoms with Crippen molar-refractivity contribution in [2.24, 2.45) is 0 Å². The number of hydrogen-bond donors (Lipinski definition) is 1. The fourth-order valence-electron chi connectivity index (χ4n) is 3.35. The minimum atomic E-state index is -1.15. The second kappa shape index (κ2) is 11.0. The van der Waals surface area contributed by atoms with E-state index in [4.69, 9.17) is 18.9 Å². The Bertz CT molecular complexity index is 1110. The molecule has 0 spiro atoms. The molecule has 0 radical (unpaired) electrons. The zero-order chi connectivity index (χ0) is 23.8. The van der Waals surface area contributed by atoms with Crippen molar-refractivity contribution >= 4 is 17.6 Å². The Labute approximate surface area is 193 Å². The van der Waals surface area contributed by atoms with Gasteiger partial charge in [-0.2, -0.15) is 0 Å². The molecule has 7 heteroatoms. The van der Waals surface area contributed by atoms with Gasteiger partial charge in [-0.05, 0) is 30.7 Å². The maximum atomic E-state index is 13.2. The first-order chi connectivity index (χ1) is 15.9. The number of esters is 1. The third-order valence-electron chi connectivity index (χ3n) is 5.03. The van der Waals surface area contributed by atoms with Crippen LogP contribution in [0.25, 0.3) is 0 Å². The molecule has 3 aromatic rings. The molecule has 0 aliphatic rings. The molecule has 7 nitrogen and oxygen atoms in total. The Hall–Kier alpha value is -4.00. The smallest absolute Gasteiger partial charge is 0.311 e. The highest BCUT2D eigenvalue weighted by Crippen LogP contribution is 2.29. The van der Waals surface area contributed by atoms with Crippen LogP contribution in [0.5, 0.6) is 17.2 Å². The molecule has 3 rings (SSSR count). The van der Waals surface area contributed by atoms with E-state index in [1.807, 2.05) is 19.1 Å². The average molecular weight is 450 g/mol. The SMILES string of the molecule is COc1ccc(CC(=O)OC(C(=O)Nc2cc(C)ccc2OC)c2ccccc2)c(OC)c1. The highest BCUT2D eigenvalue weighted by Gasteiger charge is 2.26. The molecular weight excluding hydrogens is 422 g/mol. The summed E-state index contributed by atoms with van der Waals surface area (Å²) in [6.45, 7) is 1.91. The largest absolute Gasteiger partial charge is 0.497 e. The molecule has 1 amide bonds. The Morgan fingerprint density at radius 3 is 2.24 bits per heavy atom. The molecule has 0 aliphatic carbocycles. The lowest BCUT2D eigenvalue weighted by molar-refractivity contribution is -0.154. The lowest BCUT2D eigenvalue weighted by Gasteiger charge is -2.19. The molecule has 0 saturated carbocycles. The van der Waals surface area contributed by atoms with Gasteiger partial charge in [0.25, 0.3) is 5.91 Å². The zero-order valence-corrected chi connectivity index (χ0v) is 19.1. The predicted molar refractivity (Wildman–Crippen MR) is 125 cm³/mol. The zero-order valence-electron chi connectivity index (χ0n) is 19.1. The van der Waals surface area contributed by atoms with E-state index in [1.54, 1.807) is 61.7 Å². The summed E-state index contributed by atoms with van der Waals surface area (Å²) in [6, 6.07) is 19.5. The van der Waals surface area contributed by atoms with Gasteiger partial charge in [0.2, 0.25) is 6.10 Å². The molecule has 172 valence electrons. The summed E-state index contributed by atoms with van der Waals surface area (Å²) in [4.78, 5) is 26.0. The summed E-state index contributed by atoms with van der Waals surface area (Å²) >= 11 is 0. The lowest BCUT2D eigenvalue weighted by atomic mass is 10.1. The fraction of sp³-hybridized carbons (Fsp3) is 0.231. The second-order valence-corrected chi connectivity index (χ2v) is 7.33. The van der Waals surface area contributed by atoms with Gasteiger partial charge in [0, 0.05) is 17.2 Å². The second-order valence-electron chi connectivity index (χ2n) is 7.33. The molecule has 3 aromatic carbocycles. The van der Waals surface area contributed by atoms with E-state index in [0.717, 1.165) is 5.56 Å². The van der Waals surface area contributed by atoms with Gasteiger partial charge in [-0.15, -0.1) is 0 Å². The molecule has 0 aromatic heterocycles. The molecule has 33 heavy (non-hydrogen) atoms. The molecule has 0 fully saturated rings. The van der Waals surface area contributed by atoms with Gasteiger partial charge in [0.1, 0.15) is 17.2 Å². The molecular formula is C26H27NO6. The molecule has 0 heterocycles. The summed E-state index contributed by atoms with van der Waals surface area (Å²) in [5.41, 5.74) is 2.62. The van der Waals surface area contributed by atoms with E-state index in [9.17, 15) is 9.59 Å². The first-order valence-electron chi connectivity index (χ1n) is 10.4. The van der Waals surface area contributed by atoms with E-state index in [0.29, 0.717) is 34.1 Å². The molecule has 1 unspecified atom stereocenters. The number of benzene rings is 3. The fourth-order valence-corrected chi connectivity index (χ4v) is 3.35. The Balaban J connectivity index is 1.83. The normalized spacial score (nSPS) is 11.3. The number of carbonyl (C=O) groups excluding carboxylic acids is 2. The Kier molecular flexibility index (Phi) is 7.91. The first kappa shape index (κ1) is 23.7. The summed E-state index contributed by atoms with van der Waals surface area (Å²) in [5, 5.41) is 2.83. The van der Waals surface area contributed by atoms with Crippen LogP contribution in [0.4, 0.5) is 5.69 Å². The molecule has 0 bridgehead atoms. The van der Waals surface area contributed by atoms with Crippen molar-refractivity contribution in [3.05, 3.63) is 83.4 Å². The minimum absolute atomic E-state index is 0.0719. The van der Waals surface area contributed by atoms with Crippen molar-refractivity contribution in [3.8, 4) is 17.2 Å². The summed E-state index contributed by atoms with van der Waals surface area (Å²) in [5.74, 6) is 0.558. The first-order valence-corrected chi connectivity index (χ1v) is 10.4. The van der Waals surface area contributed by atoms with Crippen LogP contribution in [-0.2, 0) is 20.7 Å². The third-order valence-corrected chi connectivity index (χ3v) is 5.03. The van der Waals surface area contributed by atoms with Crippen LogP contribution in [-0.4, -0.2) is 33.2 Å². The van der Waals surface area contributed by atoms with E-state index in [2.05, 4.69) is 5.32 Å². The van der Waals surface area contributed by atoms with Gasteiger partial charge in [-0.1, -0.05) is 42.5 Å². The van der Waals surface area contributed by atoms with E-state index in [1.165, 1.54) is 14.2 Å². The number of amides is 1. The Morgan fingerprint density at radius 2 is 1.58 bits per heavy atom. The van der Waals surface area contributed by atoms with Crippen molar-refractivity contribution in [2.75, 3.05) is 26.6 Å². The van der Waals surface area contributed by atoms with Gasteiger partial charge in [0.15, 0.2) is 0 Å². The van der Waals surface area contributed by atoms with Crippen LogP contribution >= 0.6 is 0 Å². The minimum Gasteiger partial charge on any atom is -0.497 e. The van der Waals surface area contributed by atoms with Crippen molar-refractivity contribution < 1.29 is 28.5 Å². The van der Waals surface area contributed by atoms with Gasteiger partial charge in [0.05, 0.1) is 33.4 Å². The topological polar surface area (TPSA) is 83.1 Å². The molecule has 1 N–H and O–H groups in total. The van der Waals surface area contributed by atoms with Crippen LogP contribution in [0, 0.1) is 6.92 Å². The number of ether oxygens (including phenoxy) is 4. The van der Waals surface area contributed by atoms with Crippen molar-refractivity contribution in [1.29, 1.82) is 0 Å². The summed E-state index contributed by atoms with van der Waals surface area (Å²) in [6.07, 6.45) is -1.22. The highest BCUT2D eigenvalue weighted by atomic mass is 16.5. The van der Waals surface area contributed by atoms with Gasteiger partial charge >= 0.3 is 5.97 Å². The molecule has 1 atom stereocenters. The van der Waals surface area contributed by atoms with Gasteiger partial charge in [-0.3, -0.25) is 9.59 Å². The maximum Gasteiger partial charge on any atom is 0.311 e. The number of methoxy groups -OCH3 is 3. The van der Waals surface area contributed by atoms with E-state index in [-0.39, 0.29) is 6.42 Å². The standard InChI is InChI=1S/C26H27NO6/c1-17-10-13-22(31-3)21(14-17)27-26(29)25(18-8-6-5-7-9-18)33-24(28)15-19-11-12-20(30-2)16-23(19)32-4/h5-14,16,25H,15H2,1-4H3,(H,27,29). The average Bonchev–Trinajstić information content (AvgIpc) is 2.83. The van der Waals surface area contributed by atoms with Crippen LogP contribution in [0.15, 0.2) is 66.7 Å². The van der Waals surface area contributed by atoms with Crippen LogP contribution in [0.3, 0.4) is 0 Å². The predicted octanol–water partition coefficient (Wildman–Crippen LogP) is 4.49. The highest BCUT2D eigenvalue weighted by molar-refractivity contribution is 5.97. The Morgan fingerprint density at radius 1 is 0.848 bits per heavy atom. The molecule has 0 aliphatic heterocycles. The monoisotopic (exact) mass is 449 g/mol. The number of nitrogens with one attached hydrogen (secondary N) is 1. The number of carbonyl (C=O) groups is 2. The van der Waals surface area contributed by atoms with Crippen molar-refractivity contribution in [2.45, 2.75) is 19.4 Å². The number of anilines is 1. The van der Waals surface area contributed by atoms with Crippen molar-refractivity contribution in [1.82, 2.24) is 0 Å². The number of rotatable bonds is 9. The quantitative estimate of drug-likeness (QED) is 0.485. The van der Waals surface area contributed by atoms with Crippen molar-refractivity contribution in [3.63, 3.8) is 0 Å². The molecule has 0 saturated heterocycles. The summed E-state index contributed by atoms with van der Waals surface area (Å²) < 4.78 is 21.6. The maximum absolute atomic E-state index is 13.2. The number of hydrogen-bond acceptors (Lipinski definition) is 6. The third kappa shape index (κ3) is 6.04. The van der Waals surface area contributed by atoms with Gasteiger partial charge in [-0.25, -0.2) is 0 Å². The number of aryl methyl sites for hydroxylation is 1. The van der Waals surface area contributed by atoms with E-state index >= 15 is 0 Å². The van der Waals surface area contributed by atoms with E-state index < -0.39 is 18.0 Å².